The zero-order chi connectivity index (χ0) is 20.0. The summed E-state index contributed by atoms with van der Waals surface area (Å²) < 4.78 is 27.5. The fourth-order valence-corrected chi connectivity index (χ4v) is 4.62. The highest BCUT2D eigenvalue weighted by Crippen LogP contribution is 2.20. The van der Waals surface area contributed by atoms with Gasteiger partial charge in [-0.3, -0.25) is 4.79 Å². The molecule has 0 aliphatic rings. The molecule has 2 aromatic rings. The Balaban J connectivity index is 2.06. The first-order valence-corrected chi connectivity index (χ1v) is 11.9. The molecule has 0 aliphatic carbocycles. The number of carbonyl (C=O) groups is 1. The quantitative estimate of drug-likeness (QED) is 0.590. The molecule has 0 saturated heterocycles. The van der Waals surface area contributed by atoms with Crippen LogP contribution in [0.25, 0.3) is 0 Å². The van der Waals surface area contributed by atoms with Crippen molar-refractivity contribution in [2.45, 2.75) is 29.7 Å². The Labute approximate surface area is 173 Å². The molecule has 8 heteroatoms. The SMILES string of the molecule is CCN(CC(=O)NC(C)c1ccc(SC)cc1)S(=O)(=O)c1ccc(Br)cc1. The Morgan fingerprint density at radius 2 is 1.74 bits per heavy atom. The third-order valence-corrected chi connectivity index (χ3v) is 7.32. The summed E-state index contributed by atoms with van der Waals surface area (Å²) in [7, 11) is -3.72. The van der Waals surface area contributed by atoms with E-state index in [1.54, 1.807) is 30.8 Å². The minimum Gasteiger partial charge on any atom is -0.348 e. The third-order valence-electron chi connectivity index (χ3n) is 4.12. The van der Waals surface area contributed by atoms with Crippen LogP contribution in [0.3, 0.4) is 0 Å². The van der Waals surface area contributed by atoms with Gasteiger partial charge in [0.25, 0.3) is 0 Å². The van der Waals surface area contributed by atoms with Crippen LogP contribution in [0.4, 0.5) is 0 Å². The zero-order valence-electron chi connectivity index (χ0n) is 15.5. The lowest BCUT2D eigenvalue weighted by Gasteiger charge is -2.22. The first-order valence-electron chi connectivity index (χ1n) is 8.47. The molecular formula is C19H23BrN2O3S2. The van der Waals surface area contributed by atoms with Crippen molar-refractivity contribution in [2.75, 3.05) is 19.3 Å². The summed E-state index contributed by atoms with van der Waals surface area (Å²) in [4.78, 5) is 13.7. The minimum atomic E-state index is -3.72. The number of benzene rings is 2. The molecule has 0 heterocycles. The lowest BCUT2D eigenvalue weighted by molar-refractivity contribution is -0.121. The average molecular weight is 471 g/mol. The van der Waals surface area contributed by atoms with Crippen molar-refractivity contribution >= 4 is 43.6 Å². The lowest BCUT2D eigenvalue weighted by atomic mass is 10.1. The van der Waals surface area contributed by atoms with Crippen molar-refractivity contribution in [1.82, 2.24) is 9.62 Å². The van der Waals surface area contributed by atoms with E-state index in [-0.39, 0.29) is 29.9 Å². The van der Waals surface area contributed by atoms with Crippen molar-refractivity contribution < 1.29 is 13.2 Å². The molecule has 0 aromatic heterocycles. The summed E-state index contributed by atoms with van der Waals surface area (Å²) in [6, 6.07) is 14.1. The van der Waals surface area contributed by atoms with Gasteiger partial charge in [-0.05, 0) is 55.1 Å². The molecular weight excluding hydrogens is 448 g/mol. The van der Waals surface area contributed by atoms with Gasteiger partial charge < -0.3 is 5.32 Å². The Morgan fingerprint density at radius 3 is 2.26 bits per heavy atom. The van der Waals surface area contributed by atoms with Crippen LogP contribution in [0, 0.1) is 0 Å². The number of rotatable bonds is 8. The molecule has 0 fully saturated rings. The van der Waals surface area contributed by atoms with Crippen LogP contribution in [0.1, 0.15) is 25.5 Å². The van der Waals surface area contributed by atoms with Crippen LogP contribution in [0.2, 0.25) is 0 Å². The number of amides is 1. The maximum Gasteiger partial charge on any atom is 0.243 e. The number of nitrogens with zero attached hydrogens (tertiary/aromatic N) is 1. The smallest absolute Gasteiger partial charge is 0.243 e. The van der Waals surface area contributed by atoms with Gasteiger partial charge in [0.05, 0.1) is 17.5 Å². The number of thioether (sulfide) groups is 1. The lowest BCUT2D eigenvalue weighted by Crippen LogP contribution is -2.41. The molecule has 27 heavy (non-hydrogen) atoms. The van der Waals surface area contributed by atoms with Gasteiger partial charge in [-0.25, -0.2) is 8.42 Å². The largest absolute Gasteiger partial charge is 0.348 e. The van der Waals surface area contributed by atoms with E-state index in [9.17, 15) is 13.2 Å². The maximum absolute atomic E-state index is 12.8. The molecule has 0 aliphatic heterocycles. The van der Waals surface area contributed by atoms with Gasteiger partial charge in [0.1, 0.15) is 0 Å². The molecule has 0 radical (unpaired) electrons. The van der Waals surface area contributed by atoms with Gasteiger partial charge >= 0.3 is 0 Å². The molecule has 2 aromatic carbocycles. The standard InChI is InChI=1S/C19H23BrN2O3S2/c1-4-22(27(24,25)18-11-7-16(20)8-12-18)13-19(23)21-14(2)15-5-9-17(26-3)10-6-15/h5-12,14H,4,13H2,1-3H3,(H,21,23). The van der Waals surface area contributed by atoms with Crippen molar-refractivity contribution in [2.24, 2.45) is 0 Å². The number of carbonyl (C=O) groups excluding carboxylic acids is 1. The second-order valence-corrected chi connectivity index (χ2v) is 9.68. The summed E-state index contributed by atoms with van der Waals surface area (Å²) in [5.74, 6) is -0.334. The van der Waals surface area contributed by atoms with E-state index in [1.165, 1.54) is 16.4 Å². The van der Waals surface area contributed by atoms with Crippen molar-refractivity contribution in [3.8, 4) is 0 Å². The fraction of sp³-hybridized carbons (Fsp3) is 0.316. The summed E-state index contributed by atoms with van der Waals surface area (Å²) in [5, 5.41) is 2.87. The van der Waals surface area contributed by atoms with Gasteiger partial charge in [-0.15, -0.1) is 11.8 Å². The number of sulfonamides is 1. The van der Waals surface area contributed by atoms with Crippen LogP contribution in [0.15, 0.2) is 62.8 Å². The van der Waals surface area contributed by atoms with Gasteiger partial charge in [-0.2, -0.15) is 4.31 Å². The Hall–Kier alpha value is -1.35. The zero-order valence-corrected chi connectivity index (χ0v) is 18.7. The molecule has 0 saturated carbocycles. The molecule has 0 spiro atoms. The predicted octanol–water partition coefficient (Wildman–Crippen LogP) is 4.06. The highest BCUT2D eigenvalue weighted by Gasteiger charge is 2.25. The Kier molecular flexibility index (Phi) is 7.91. The maximum atomic E-state index is 12.8. The van der Waals surface area contributed by atoms with E-state index in [4.69, 9.17) is 0 Å². The van der Waals surface area contributed by atoms with Crippen LogP contribution in [-0.2, 0) is 14.8 Å². The highest BCUT2D eigenvalue weighted by atomic mass is 79.9. The van der Waals surface area contributed by atoms with Gasteiger partial charge in [0.15, 0.2) is 0 Å². The second-order valence-electron chi connectivity index (χ2n) is 5.95. The second kappa shape index (κ2) is 9.73. The molecule has 1 unspecified atom stereocenters. The van der Waals surface area contributed by atoms with E-state index in [0.717, 1.165) is 14.9 Å². The number of nitrogens with one attached hydrogen (secondary N) is 1. The number of hydrogen-bond donors (Lipinski definition) is 1. The van der Waals surface area contributed by atoms with Crippen LogP contribution < -0.4 is 5.32 Å². The molecule has 1 amide bonds. The number of likely N-dealkylation sites (N-methyl/N-ethyl adjacent to an activating group) is 1. The van der Waals surface area contributed by atoms with Crippen LogP contribution >= 0.6 is 27.7 Å². The van der Waals surface area contributed by atoms with Gasteiger partial charge in [0.2, 0.25) is 15.9 Å². The molecule has 0 bridgehead atoms. The number of halogens is 1. The fourth-order valence-electron chi connectivity index (χ4n) is 2.55. The van der Waals surface area contributed by atoms with Crippen LogP contribution in [0.5, 0.6) is 0 Å². The molecule has 1 N–H and O–H groups in total. The first kappa shape index (κ1) is 21.9. The predicted molar refractivity (Wildman–Crippen MR) is 113 cm³/mol. The van der Waals surface area contributed by atoms with Crippen molar-refractivity contribution in [1.29, 1.82) is 0 Å². The Bertz CT molecular complexity index is 869. The topological polar surface area (TPSA) is 66.5 Å². The highest BCUT2D eigenvalue weighted by molar-refractivity contribution is 9.10. The number of hydrogen-bond acceptors (Lipinski definition) is 4. The van der Waals surface area contributed by atoms with E-state index >= 15 is 0 Å². The monoisotopic (exact) mass is 470 g/mol. The molecule has 146 valence electrons. The minimum absolute atomic E-state index is 0.168. The molecule has 1 atom stereocenters. The summed E-state index contributed by atoms with van der Waals surface area (Å²) in [5.41, 5.74) is 0.972. The van der Waals surface area contributed by atoms with Crippen molar-refractivity contribution in [3.63, 3.8) is 0 Å². The normalized spacial score (nSPS) is 12.8. The van der Waals surface area contributed by atoms with E-state index < -0.39 is 10.0 Å². The van der Waals surface area contributed by atoms with Gasteiger partial charge in [0, 0.05) is 15.9 Å². The molecule has 5 nitrogen and oxygen atoms in total. The van der Waals surface area contributed by atoms with Crippen LogP contribution in [-0.4, -0.2) is 38.0 Å². The average Bonchev–Trinajstić information content (AvgIpc) is 2.66. The van der Waals surface area contributed by atoms with Gasteiger partial charge in [-0.1, -0.05) is 35.0 Å². The summed E-state index contributed by atoms with van der Waals surface area (Å²) in [6.07, 6.45) is 2.01. The first-order chi connectivity index (χ1) is 12.8. The third kappa shape index (κ3) is 5.81. The molecule has 2 rings (SSSR count). The van der Waals surface area contributed by atoms with E-state index in [1.807, 2.05) is 37.4 Å². The Morgan fingerprint density at radius 1 is 1.15 bits per heavy atom. The van der Waals surface area contributed by atoms with E-state index in [0.29, 0.717) is 0 Å². The van der Waals surface area contributed by atoms with Crippen molar-refractivity contribution in [3.05, 3.63) is 58.6 Å². The summed E-state index contributed by atoms with van der Waals surface area (Å²) >= 11 is 4.94. The van der Waals surface area contributed by atoms with E-state index in [2.05, 4.69) is 21.2 Å². The summed E-state index contributed by atoms with van der Waals surface area (Å²) in [6.45, 7) is 3.59.